The Morgan fingerprint density at radius 1 is 0.714 bits per heavy atom. The highest BCUT2D eigenvalue weighted by Crippen LogP contribution is 2.20. The van der Waals surface area contributed by atoms with Gasteiger partial charge < -0.3 is 28.7 Å². The number of imide groups is 1. The summed E-state index contributed by atoms with van der Waals surface area (Å²) in [4.78, 5) is 26.6. The number of nitrogens with two attached hydrogens (primary N) is 5. The SMILES string of the molecule is Cl.Cl.NCCCC[C@H](N)C(=O)N(CCSSCCN)C(=O)[C@@H](N)CCCCN. The smallest absolute Gasteiger partial charge is 0.246 e. The summed E-state index contributed by atoms with van der Waals surface area (Å²) in [6.07, 6.45) is 4.15. The first-order chi connectivity index (χ1) is 12.5. The van der Waals surface area contributed by atoms with Crippen LogP contribution in [0.1, 0.15) is 38.5 Å². The van der Waals surface area contributed by atoms with Crippen molar-refractivity contribution in [1.82, 2.24) is 4.90 Å². The van der Waals surface area contributed by atoms with E-state index >= 15 is 0 Å². The molecule has 0 aromatic heterocycles. The van der Waals surface area contributed by atoms with E-state index in [0.29, 0.717) is 44.8 Å². The van der Waals surface area contributed by atoms with Gasteiger partial charge in [0, 0.05) is 24.6 Å². The summed E-state index contributed by atoms with van der Waals surface area (Å²) in [5.41, 5.74) is 28.4. The van der Waals surface area contributed by atoms with E-state index in [0.717, 1.165) is 31.4 Å². The lowest BCUT2D eigenvalue weighted by Crippen LogP contribution is -2.52. The van der Waals surface area contributed by atoms with Crippen molar-refractivity contribution in [3.63, 3.8) is 0 Å². The maximum absolute atomic E-state index is 12.7. The van der Waals surface area contributed by atoms with Crippen LogP contribution < -0.4 is 28.7 Å². The van der Waals surface area contributed by atoms with Crippen LogP contribution in [0.4, 0.5) is 0 Å². The average Bonchev–Trinajstić information content (AvgIpc) is 2.64. The number of unbranched alkanes of at least 4 members (excludes halogenated alkanes) is 2. The molecule has 0 aromatic rings. The first-order valence-corrected chi connectivity index (χ1v) is 11.7. The van der Waals surface area contributed by atoms with Crippen LogP contribution in [-0.2, 0) is 9.59 Å². The first kappa shape index (κ1) is 32.9. The minimum atomic E-state index is -0.705. The van der Waals surface area contributed by atoms with Crippen LogP contribution in [0.3, 0.4) is 0 Å². The molecule has 0 unspecified atom stereocenters. The molecule has 170 valence electrons. The number of hydrogen-bond donors (Lipinski definition) is 5. The van der Waals surface area contributed by atoms with E-state index in [1.165, 1.54) is 4.90 Å². The van der Waals surface area contributed by atoms with Gasteiger partial charge in [-0.1, -0.05) is 34.4 Å². The number of nitrogens with zero attached hydrogens (tertiary/aromatic N) is 1. The summed E-state index contributed by atoms with van der Waals surface area (Å²) in [7, 11) is 3.20. The lowest BCUT2D eigenvalue weighted by Gasteiger charge is -2.26. The highest BCUT2D eigenvalue weighted by atomic mass is 35.5. The Hall–Kier alpha value is 0.220. The summed E-state index contributed by atoms with van der Waals surface area (Å²) < 4.78 is 0. The zero-order chi connectivity index (χ0) is 19.8. The molecule has 0 aromatic carbocycles. The second kappa shape index (κ2) is 21.9. The Labute approximate surface area is 189 Å². The molecule has 0 radical (unpaired) electrons. The Balaban J connectivity index is -0.00000312. The quantitative estimate of drug-likeness (QED) is 0.155. The third kappa shape index (κ3) is 15.1. The molecular weight excluding hydrogens is 443 g/mol. The van der Waals surface area contributed by atoms with Gasteiger partial charge in [-0.2, -0.15) is 0 Å². The molecule has 0 bridgehead atoms. The molecule has 0 saturated heterocycles. The standard InChI is InChI=1S/C16H36N6O2S2.2ClH/c17-7-3-1-5-13(20)15(23)22(10-12-26-25-11-9-19)16(24)14(21)6-2-4-8-18;;/h13-14H,1-12,17-21H2;2*1H/t13-,14-;;/m0../s1. The molecule has 2 amide bonds. The lowest BCUT2D eigenvalue weighted by molar-refractivity contribution is -0.146. The lowest BCUT2D eigenvalue weighted by atomic mass is 10.1. The molecule has 0 fully saturated rings. The van der Waals surface area contributed by atoms with Gasteiger partial charge in [-0.15, -0.1) is 24.8 Å². The molecular formula is C16H38Cl2N6O2S2. The second-order valence-corrected chi connectivity index (χ2v) is 8.74. The van der Waals surface area contributed by atoms with Gasteiger partial charge in [-0.05, 0) is 38.8 Å². The van der Waals surface area contributed by atoms with Gasteiger partial charge in [-0.3, -0.25) is 14.5 Å². The van der Waals surface area contributed by atoms with E-state index in [4.69, 9.17) is 28.7 Å². The summed E-state index contributed by atoms with van der Waals surface area (Å²) in [5.74, 6) is 0.730. The zero-order valence-corrected chi connectivity index (χ0v) is 19.7. The first-order valence-electron chi connectivity index (χ1n) is 9.20. The van der Waals surface area contributed by atoms with Gasteiger partial charge in [0.15, 0.2) is 0 Å². The highest BCUT2D eigenvalue weighted by molar-refractivity contribution is 8.76. The normalized spacial score (nSPS) is 12.5. The summed E-state index contributed by atoms with van der Waals surface area (Å²) in [6.45, 7) is 2.02. The summed E-state index contributed by atoms with van der Waals surface area (Å²) >= 11 is 0. The maximum Gasteiger partial charge on any atom is 0.246 e. The number of rotatable bonds is 16. The van der Waals surface area contributed by atoms with Crippen molar-refractivity contribution >= 4 is 58.2 Å². The number of hydrogen-bond acceptors (Lipinski definition) is 9. The molecule has 0 aliphatic carbocycles. The van der Waals surface area contributed by atoms with E-state index in [9.17, 15) is 9.59 Å². The predicted octanol–water partition coefficient (Wildman–Crippen LogP) is 0.438. The summed E-state index contributed by atoms with van der Waals surface area (Å²) in [5, 5.41) is 0. The number of halogens is 2. The predicted molar refractivity (Wildman–Crippen MR) is 127 cm³/mol. The Bertz CT molecular complexity index is 372. The van der Waals surface area contributed by atoms with E-state index in [1.54, 1.807) is 21.6 Å². The number of carbonyl (C=O) groups is 2. The fourth-order valence-electron chi connectivity index (χ4n) is 2.29. The van der Waals surface area contributed by atoms with Gasteiger partial charge in [0.25, 0.3) is 0 Å². The van der Waals surface area contributed by atoms with Crippen LogP contribution in [-0.4, -0.2) is 66.5 Å². The van der Waals surface area contributed by atoms with Gasteiger partial charge in [-0.25, -0.2) is 0 Å². The fourth-order valence-corrected chi connectivity index (χ4v) is 4.10. The van der Waals surface area contributed by atoms with E-state index in [-0.39, 0.29) is 36.6 Å². The van der Waals surface area contributed by atoms with Crippen molar-refractivity contribution < 1.29 is 9.59 Å². The molecule has 8 nitrogen and oxygen atoms in total. The van der Waals surface area contributed by atoms with Crippen LogP contribution in [0.25, 0.3) is 0 Å². The Morgan fingerprint density at radius 2 is 1.14 bits per heavy atom. The molecule has 0 aliphatic rings. The second-order valence-electron chi connectivity index (χ2n) is 6.04. The largest absolute Gasteiger partial charge is 0.330 e. The molecule has 10 N–H and O–H groups in total. The third-order valence-corrected chi connectivity index (χ3v) is 6.21. The minimum Gasteiger partial charge on any atom is -0.330 e. The number of carbonyl (C=O) groups excluding carboxylic acids is 2. The van der Waals surface area contributed by atoms with Crippen molar-refractivity contribution in [3.05, 3.63) is 0 Å². The average molecular weight is 482 g/mol. The monoisotopic (exact) mass is 480 g/mol. The van der Waals surface area contributed by atoms with Gasteiger partial charge in [0.1, 0.15) is 0 Å². The molecule has 0 rings (SSSR count). The Kier molecular flexibility index (Phi) is 25.7. The topological polar surface area (TPSA) is 167 Å². The summed E-state index contributed by atoms with van der Waals surface area (Å²) in [6, 6.07) is -1.41. The fraction of sp³-hybridized carbons (Fsp3) is 0.875. The molecule has 2 atom stereocenters. The van der Waals surface area contributed by atoms with Crippen molar-refractivity contribution in [3.8, 4) is 0 Å². The van der Waals surface area contributed by atoms with Crippen LogP contribution in [0, 0.1) is 0 Å². The number of amides is 2. The van der Waals surface area contributed by atoms with Crippen LogP contribution in [0.2, 0.25) is 0 Å². The molecule has 0 saturated carbocycles. The van der Waals surface area contributed by atoms with Gasteiger partial charge in [0.05, 0.1) is 12.1 Å². The minimum absolute atomic E-state index is 0. The highest BCUT2D eigenvalue weighted by Gasteiger charge is 2.29. The van der Waals surface area contributed by atoms with E-state index in [2.05, 4.69) is 0 Å². The van der Waals surface area contributed by atoms with Crippen molar-refractivity contribution in [1.29, 1.82) is 0 Å². The zero-order valence-electron chi connectivity index (χ0n) is 16.4. The van der Waals surface area contributed by atoms with Crippen LogP contribution >= 0.6 is 46.4 Å². The molecule has 0 heterocycles. The Morgan fingerprint density at radius 3 is 1.54 bits per heavy atom. The van der Waals surface area contributed by atoms with E-state index < -0.39 is 12.1 Å². The van der Waals surface area contributed by atoms with Gasteiger partial charge in [0.2, 0.25) is 11.8 Å². The van der Waals surface area contributed by atoms with Crippen LogP contribution in [0.15, 0.2) is 0 Å². The van der Waals surface area contributed by atoms with E-state index in [1.807, 2.05) is 0 Å². The molecule has 0 aliphatic heterocycles. The molecule has 12 heteroatoms. The van der Waals surface area contributed by atoms with Crippen molar-refractivity contribution in [2.45, 2.75) is 50.6 Å². The molecule has 0 spiro atoms. The van der Waals surface area contributed by atoms with Crippen molar-refractivity contribution in [2.75, 3.05) is 37.7 Å². The van der Waals surface area contributed by atoms with Crippen LogP contribution in [0.5, 0.6) is 0 Å². The van der Waals surface area contributed by atoms with Gasteiger partial charge >= 0.3 is 0 Å². The molecule has 28 heavy (non-hydrogen) atoms. The van der Waals surface area contributed by atoms with Crippen molar-refractivity contribution in [2.24, 2.45) is 28.7 Å². The maximum atomic E-state index is 12.7. The third-order valence-electron chi connectivity index (χ3n) is 3.79.